The van der Waals surface area contributed by atoms with Crippen molar-refractivity contribution < 1.29 is 19.5 Å². The second kappa shape index (κ2) is 10.1. The molecule has 1 aromatic carbocycles. The van der Waals surface area contributed by atoms with E-state index in [4.69, 9.17) is 15.0 Å². The highest BCUT2D eigenvalue weighted by Gasteiger charge is 2.21. The van der Waals surface area contributed by atoms with E-state index < -0.39 is 0 Å². The predicted molar refractivity (Wildman–Crippen MR) is 120 cm³/mol. The van der Waals surface area contributed by atoms with E-state index in [1.165, 1.54) is 11.1 Å². The number of pyridine rings is 1. The van der Waals surface area contributed by atoms with E-state index in [1.54, 1.807) is 12.3 Å². The number of anilines is 1. The maximum Gasteiger partial charge on any atom is 0.259 e. The van der Waals surface area contributed by atoms with Crippen LogP contribution in [0.15, 0.2) is 35.0 Å². The Hall–Kier alpha value is -3.01. The second-order valence-corrected chi connectivity index (χ2v) is 7.93. The van der Waals surface area contributed by atoms with Crippen LogP contribution in [0.2, 0.25) is 0 Å². The molecule has 0 atom stereocenters. The van der Waals surface area contributed by atoms with Crippen LogP contribution in [-0.4, -0.2) is 69.2 Å². The van der Waals surface area contributed by atoms with Gasteiger partial charge in [-0.05, 0) is 42.5 Å². The Bertz CT molecular complexity index is 1050. The summed E-state index contributed by atoms with van der Waals surface area (Å²) in [4.78, 5) is 10.9. The molecular weight excluding hydrogens is 410 g/mol. The summed E-state index contributed by atoms with van der Waals surface area (Å²) in [5, 5.41) is 23.1. The first kappa shape index (κ1) is 22.2. The average Bonchev–Trinajstić information content (AvgIpc) is 3.21. The first-order valence-electron chi connectivity index (χ1n) is 10.9. The van der Waals surface area contributed by atoms with Crippen molar-refractivity contribution in [2.24, 2.45) is 0 Å². The van der Waals surface area contributed by atoms with Crippen molar-refractivity contribution >= 4 is 5.69 Å². The van der Waals surface area contributed by atoms with Gasteiger partial charge >= 0.3 is 0 Å². The van der Waals surface area contributed by atoms with Gasteiger partial charge in [0, 0.05) is 24.8 Å². The van der Waals surface area contributed by atoms with Crippen LogP contribution < -0.4 is 10.5 Å². The fourth-order valence-electron chi connectivity index (χ4n) is 3.90. The fourth-order valence-corrected chi connectivity index (χ4v) is 3.90. The molecule has 3 aromatic rings. The minimum absolute atomic E-state index is 0.0468. The van der Waals surface area contributed by atoms with E-state index in [-0.39, 0.29) is 19.3 Å². The third-order valence-electron chi connectivity index (χ3n) is 5.73. The Kier molecular flexibility index (Phi) is 6.99. The van der Waals surface area contributed by atoms with Gasteiger partial charge in [0.1, 0.15) is 0 Å². The Morgan fingerprint density at radius 2 is 1.91 bits per heavy atom. The number of fused-ring (bicyclic) bond motifs is 1. The smallest absolute Gasteiger partial charge is 0.259 e. The number of benzene rings is 1. The molecule has 0 saturated heterocycles. The first-order chi connectivity index (χ1) is 15.6. The molecule has 9 heteroatoms. The van der Waals surface area contributed by atoms with Crippen LogP contribution in [0.4, 0.5) is 5.69 Å². The molecule has 0 spiro atoms. The molecule has 4 rings (SSSR count). The summed E-state index contributed by atoms with van der Waals surface area (Å²) in [7, 11) is 0. The molecule has 170 valence electrons. The molecule has 4 N–H and O–H groups in total. The van der Waals surface area contributed by atoms with Gasteiger partial charge in [0.25, 0.3) is 5.89 Å². The molecule has 0 aliphatic carbocycles. The molecule has 0 saturated carbocycles. The van der Waals surface area contributed by atoms with Gasteiger partial charge in [0.05, 0.1) is 37.1 Å². The van der Waals surface area contributed by atoms with Crippen molar-refractivity contribution in [3.05, 3.63) is 41.6 Å². The third kappa shape index (κ3) is 4.74. The Balaban J connectivity index is 1.52. The number of nitrogens with zero attached hydrogens (tertiary/aromatic N) is 4. The topological polar surface area (TPSA) is 131 Å². The molecule has 2 aromatic heterocycles. The maximum atomic E-state index is 9.50. The lowest BCUT2D eigenvalue weighted by molar-refractivity contribution is 0.0769. The van der Waals surface area contributed by atoms with E-state index in [9.17, 15) is 10.2 Å². The predicted octanol–water partition coefficient (Wildman–Crippen LogP) is 1.92. The van der Waals surface area contributed by atoms with E-state index in [0.717, 1.165) is 37.9 Å². The van der Waals surface area contributed by atoms with Crippen molar-refractivity contribution in [3.63, 3.8) is 0 Å². The highest BCUT2D eigenvalue weighted by atomic mass is 16.5. The first-order valence-corrected chi connectivity index (χ1v) is 10.9. The van der Waals surface area contributed by atoms with Crippen molar-refractivity contribution in [2.75, 3.05) is 38.6 Å². The van der Waals surface area contributed by atoms with Gasteiger partial charge in [0.2, 0.25) is 11.7 Å². The van der Waals surface area contributed by atoms with Crippen molar-refractivity contribution in [1.82, 2.24) is 20.0 Å². The lowest BCUT2D eigenvalue weighted by Gasteiger charge is -2.27. The number of aliphatic hydroxyl groups is 2. The molecule has 1 aliphatic rings. The molecule has 1 aliphatic heterocycles. The van der Waals surface area contributed by atoms with Gasteiger partial charge in [0.15, 0.2) is 0 Å². The van der Waals surface area contributed by atoms with Crippen molar-refractivity contribution in [2.45, 2.75) is 32.2 Å². The van der Waals surface area contributed by atoms with Crippen LogP contribution in [0.25, 0.3) is 22.8 Å². The number of aliphatic hydroxyl groups excluding tert-OH is 2. The van der Waals surface area contributed by atoms with Crippen LogP contribution in [0.3, 0.4) is 0 Å². The average molecular weight is 440 g/mol. The van der Waals surface area contributed by atoms with Gasteiger partial charge in [-0.3, -0.25) is 4.90 Å². The van der Waals surface area contributed by atoms with Gasteiger partial charge in [-0.15, -0.1) is 0 Å². The summed E-state index contributed by atoms with van der Waals surface area (Å²) in [5.41, 5.74) is 10.5. The van der Waals surface area contributed by atoms with Crippen molar-refractivity contribution in [3.8, 4) is 28.7 Å². The summed E-state index contributed by atoms with van der Waals surface area (Å²) in [6.07, 6.45) is 4.17. The Labute approximate surface area is 186 Å². The number of ether oxygens (including phenoxy) is 1. The van der Waals surface area contributed by atoms with Crippen LogP contribution in [-0.2, 0) is 12.8 Å². The molecule has 0 unspecified atom stereocenters. The summed E-state index contributed by atoms with van der Waals surface area (Å²) >= 11 is 0. The maximum absolute atomic E-state index is 9.50. The molecule has 3 heterocycles. The van der Waals surface area contributed by atoms with E-state index >= 15 is 0 Å². The number of nitrogen functional groups attached to an aromatic ring is 1. The molecule has 0 amide bonds. The summed E-state index contributed by atoms with van der Waals surface area (Å²) < 4.78 is 11.0. The quantitative estimate of drug-likeness (QED) is 0.482. The fraction of sp³-hybridized carbons (Fsp3) is 0.435. The summed E-state index contributed by atoms with van der Waals surface area (Å²) in [5.74, 6) is 1.24. The van der Waals surface area contributed by atoms with Crippen LogP contribution >= 0.6 is 0 Å². The van der Waals surface area contributed by atoms with Crippen LogP contribution in [0.1, 0.15) is 24.5 Å². The van der Waals surface area contributed by atoms with E-state index in [2.05, 4.69) is 32.2 Å². The zero-order valence-electron chi connectivity index (χ0n) is 18.2. The second-order valence-electron chi connectivity index (χ2n) is 7.93. The van der Waals surface area contributed by atoms with Crippen molar-refractivity contribution in [1.29, 1.82) is 0 Å². The normalized spacial score (nSPS) is 14.4. The van der Waals surface area contributed by atoms with Crippen LogP contribution in [0, 0.1) is 0 Å². The number of aromatic nitrogens is 3. The van der Waals surface area contributed by atoms with E-state index in [0.29, 0.717) is 35.5 Å². The number of rotatable bonds is 8. The zero-order valence-corrected chi connectivity index (χ0v) is 18.2. The largest absolute Gasteiger partial charge is 0.476 e. The standard InChI is InChI=1S/C23H29N5O4/c1-2-9-31-23-20(24)11-18(12-25-23)22-26-21(27-32-22)17-4-3-15-5-7-28(19(13-29)14-30)8-6-16(15)10-17/h3-4,10-12,19,29-30H,2,5-9,13-14,24H2,1H3. The number of hydrogen-bond donors (Lipinski definition) is 3. The zero-order chi connectivity index (χ0) is 22.5. The van der Waals surface area contributed by atoms with Gasteiger partial charge in [-0.1, -0.05) is 24.2 Å². The molecule has 0 fully saturated rings. The van der Waals surface area contributed by atoms with E-state index in [1.807, 2.05) is 13.0 Å². The molecule has 0 radical (unpaired) electrons. The van der Waals surface area contributed by atoms with Gasteiger partial charge in [-0.25, -0.2) is 4.98 Å². The molecular formula is C23H29N5O4. The molecule has 0 bridgehead atoms. The number of nitrogens with two attached hydrogens (primary N) is 1. The summed E-state index contributed by atoms with van der Waals surface area (Å²) in [6.45, 7) is 4.06. The lowest BCUT2D eigenvalue weighted by Crippen LogP contribution is -2.42. The summed E-state index contributed by atoms with van der Waals surface area (Å²) in [6, 6.07) is 7.68. The number of hydrogen-bond acceptors (Lipinski definition) is 9. The lowest BCUT2D eigenvalue weighted by atomic mass is 10.00. The molecule has 9 nitrogen and oxygen atoms in total. The third-order valence-corrected chi connectivity index (χ3v) is 5.73. The highest BCUT2D eigenvalue weighted by Crippen LogP contribution is 2.28. The Morgan fingerprint density at radius 1 is 1.12 bits per heavy atom. The SMILES string of the molecule is CCCOc1ncc(-c2nc(-c3ccc4c(c3)CCN(C(CO)CO)CC4)no2)cc1N. The highest BCUT2D eigenvalue weighted by molar-refractivity contribution is 5.65. The van der Waals surface area contributed by atoms with Crippen LogP contribution in [0.5, 0.6) is 5.88 Å². The molecule has 32 heavy (non-hydrogen) atoms. The minimum atomic E-state index is -0.219. The monoisotopic (exact) mass is 439 g/mol. The van der Waals surface area contributed by atoms with Gasteiger partial charge < -0.3 is 25.2 Å². The van der Waals surface area contributed by atoms with Gasteiger partial charge in [-0.2, -0.15) is 4.98 Å². The minimum Gasteiger partial charge on any atom is -0.476 e. The Morgan fingerprint density at radius 3 is 2.62 bits per heavy atom.